The number of nitrogens with zero attached hydrogens (tertiary/aromatic N) is 1. The Bertz CT molecular complexity index is 1020. The molecule has 1 N–H and O–H groups in total. The van der Waals surface area contributed by atoms with Crippen LogP contribution in [0.25, 0.3) is 16.7 Å². The maximum atomic E-state index is 13.0. The molecular formula is C19H14Cl2F3NO. The summed E-state index contributed by atoms with van der Waals surface area (Å²) >= 11 is 12.6. The number of alkyl halides is 3. The molecule has 0 amide bonds. The second-order valence-electron chi connectivity index (χ2n) is 6.01. The van der Waals surface area contributed by atoms with Gasteiger partial charge in [-0.25, -0.2) is 0 Å². The number of benzene rings is 2. The van der Waals surface area contributed by atoms with E-state index >= 15 is 0 Å². The minimum Gasteiger partial charge on any atom is -0.508 e. The van der Waals surface area contributed by atoms with E-state index in [0.29, 0.717) is 32.6 Å². The molecule has 3 rings (SSSR count). The third kappa shape index (κ3) is 3.29. The van der Waals surface area contributed by atoms with Crippen molar-refractivity contribution in [1.29, 1.82) is 0 Å². The van der Waals surface area contributed by atoms with Gasteiger partial charge in [-0.3, -0.25) is 0 Å². The van der Waals surface area contributed by atoms with Crippen LogP contribution in [0.5, 0.6) is 0 Å². The molecule has 0 unspecified atom stereocenters. The first-order valence-electron chi connectivity index (χ1n) is 7.61. The minimum atomic E-state index is -4.40. The number of aliphatic hydroxyl groups excluding tert-OH is 1. The van der Waals surface area contributed by atoms with Gasteiger partial charge in [-0.1, -0.05) is 29.8 Å². The van der Waals surface area contributed by atoms with Crippen molar-refractivity contribution < 1.29 is 18.3 Å². The molecule has 26 heavy (non-hydrogen) atoms. The predicted octanol–water partition coefficient (Wildman–Crippen LogP) is 6.85. The fourth-order valence-electron chi connectivity index (χ4n) is 3.00. The number of halogens is 5. The first kappa shape index (κ1) is 18.7. The number of rotatable bonds is 3. The third-order valence-electron chi connectivity index (χ3n) is 4.20. The first-order valence-corrected chi connectivity index (χ1v) is 8.37. The average molecular weight is 400 g/mol. The maximum absolute atomic E-state index is 13.0. The molecule has 136 valence electrons. The van der Waals surface area contributed by atoms with Crippen LogP contribution >= 0.6 is 23.2 Å². The quantitative estimate of drug-likeness (QED) is 0.478. The zero-order chi connectivity index (χ0) is 19.2. The molecule has 0 aliphatic rings. The molecular weight excluding hydrogens is 386 g/mol. The van der Waals surface area contributed by atoms with Crippen molar-refractivity contribution in [3.05, 3.63) is 75.4 Å². The summed E-state index contributed by atoms with van der Waals surface area (Å²) in [6.07, 6.45) is -2.71. The zero-order valence-electron chi connectivity index (χ0n) is 13.7. The molecule has 3 aromatic rings. The van der Waals surface area contributed by atoms with E-state index in [2.05, 4.69) is 6.58 Å². The standard InChI is InChI=1S/C19H14Cl2F3NO/c1-10-7-13(19(22,23)24)8-12-5-6-25(18(10)12)9-15-16(20)4-3-14(11(2)26)17(15)21/h3-8,26H,2,9H2,1H3. The first-order chi connectivity index (χ1) is 12.1. The van der Waals surface area contributed by atoms with Crippen LogP contribution < -0.4 is 0 Å². The molecule has 0 saturated heterocycles. The molecule has 0 radical (unpaired) electrons. The predicted molar refractivity (Wildman–Crippen MR) is 98.9 cm³/mol. The second kappa shape index (κ2) is 6.56. The van der Waals surface area contributed by atoms with Crippen molar-refractivity contribution in [2.45, 2.75) is 19.6 Å². The fourth-order valence-corrected chi connectivity index (χ4v) is 3.60. The summed E-state index contributed by atoms with van der Waals surface area (Å²) in [6.45, 7) is 5.34. The summed E-state index contributed by atoms with van der Waals surface area (Å²) < 4.78 is 40.8. The number of aliphatic hydroxyl groups is 1. The Morgan fingerprint density at radius 2 is 1.88 bits per heavy atom. The van der Waals surface area contributed by atoms with Gasteiger partial charge in [0.1, 0.15) is 5.76 Å². The Hall–Kier alpha value is -2.11. The number of fused-ring (bicyclic) bond motifs is 1. The van der Waals surface area contributed by atoms with E-state index in [9.17, 15) is 18.3 Å². The lowest BCUT2D eigenvalue weighted by Gasteiger charge is -2.14. The lowest BCUT2D eigenvalue weighted by atomic mass is 10.1. The van der Waals surface area contributed by atoms with E-state index in [4.69, 9.17) is 23.2 Å². The number of hydrogen-bond donors (Lipinski definition) is 1. The zero-order valence-corrected chi connectivity index (χ0v) is 15.2. The lowest BCUT2D eigenvalue weighted by molar-refractivity contribution is -0.137. The maximum Gasteiger partial charge on any atom is 0.416 e. The van der Waals surface area contributed by atoms with Crippen molar-refractivity contribution in [2.24, 2.45) is 0 Å². The lowest BCUT2D eigenvalue weighted by Crippen LogP contribution is -2.06. The molecule has 1 aromatic heterocycles. The van der Waals surface area contributed by atoms with Crippen LogP contribution in [0.3, 0.4) is 0 Å². The molecule has 0 aliphatic heterocycles. The highest BCUT2D eigenvalue weighted by Crippen LogP contribution is 2.35. The van der Waals surface area contributed by atoms with Crippen LogP contribution in [0.1, 0.15) is 22.3 Å². The highest BCUT2D eigenvalue weighted by atomic mass is 35.5. The molecule has 2 nitrogen and oxygen atoms in total. The largest absolute Gasteiger partial charge is 0.508 e. The van der Waals surface area contributed by atoms with Gasteiger partial charge in [-0.15, -0.1) is 0 Å². The van der Waals surface area contributed by atoms with Crippen LogP contribution in [0.4, 0.5) is 13.2 Å². The normalized spacial score (nSPS) is 11.9. The SMILES string of the molecule is C=C(O)c1ccc(Cl)c(Cn2ccc3cc(C(F)(F)F)cc(C)c32)c1Cl. The van der Waals surface area contributed by atoms with E-state index in [1.165, 1.54) is 0 Å². The molecule has 0 atom stereocenters. The average Bonchev–Trinajstić information content (AvgIpc) is 2.93. The third-order valence-corrected chi connectivity index (χ3v) is 4.99. The van der Waals surface area contributed by atoms with E-state index in [0.717, 1.165) is 12.1 Å². The van der Waals surface area contributed by atoms with Gasteiger partial charge in [0.15, 0.2) is 0 Å². The topological polar surface area (TPSA) is 25.2 Å². The Morgan fingerprint density at radius 1 is 1.19 bits per heavy atom. The summed E-state index contributed by atoms with van der Waals surface area (Å²) in [5.41, 5.74) is 1.39. The Labute approximate surface area is 158 Å². The van der Waals surface area contributed by atoms with E-state index in [1.54, 1.807) is 35.9 Å². The highest BCUT2D eigenvalue weighted by Gasteiger charge is 2.31. The molecule has 0 fully saturated rings. The molecule has 0 bridgehead atoms. The van der Waals surface area contributed by atoms with Gasteiger partial charge < -0.3 is 9.67 Å². The minimum absolute atomic E-state index is 0.184. The molecule has 1 heterocycles. The Balaban J connectivity index is 2.12. The van der Waals surface area contributed by atoms with Gasteiger partial charge in [0.2, 0.25) is 0 Å². The van der Waals surface area contributed by atoms with E-state index in [-0.39, 0.29) is 17.3 Å². The molecule has 0 aliphatic carbocycles. The van der Waals surface area contributed by atoms with Crippen molar-refractivity contribution in [3.8, 4) is 0 Å². The van der Waals surface area contributed by atoms with E-state index < -0.39 is 11.7 Å². The molecule has 2 aromatic carbocycles. The van der Waals surface area contributed by atoms with Crippen LogP contribution in [-0.2, 0) is 12.7 Å². The van der Waals surface area contributed by atoms with E-state index in [1.807, 2.05) is 0 Å². The number of aromatic nitrogens is 1. The fraction of sp³-hybridized carbons (Fsp3) is 0.158. The smallest absolute Gasteiger partial charge is 0.416 e. The van der Waals surface area contributed by atoms with Gasteiger partial charge in [0.05, 0.1) is 22.6 Å². The summed E-state index contributed by atoms with van der Waals surface area (Å²) in [5.74, 6) is -0.184. The number of hydrogen-bond acceptors (Lipinski definition) is 1. The summed E-state index contributed by atoms with van der Waals surface area (Å²) in [7, 11) is 0. The van der Waals surface area contributed by atoms with Crippen LogP contribution in [-0.4, -0.2) is 9.67 Å². The number of aryl methyl sites for hydroxylation is 1. The monoisotopic (exact) mass is 399 g/mol. The van der Waals surface area contributed by atoms with Crippen molar-refractivity contribution >= 4 is 39.9 Å². The van der Waals surface area contributed by atoms with Crippen LogP contribution in [0.15, 0.2) is 43.1 Å². The van der Waals surface area contributed by atoms with Gasteiger partial charge in [0, 0.05) is 27.7 Å². The Morgan fingerprint density at radius 3 is 2.50 bits per heavy atom. The van der Waals surface area contributed by atoms with Gasteiger partial charge >= 0.3 is 6.18 Å². The van der Waals surface area contributed by atoms with Crippen LogP contribution in [0.2, 0.25) is 10.0 Å². The Kier molecular flexibility index (Phi) is 4.71. The highest BCUT2D eigenvalue weighted by molar-refractivity contribution is 6.37. The van der Waals surface area contributed by atoms with Gasteiger partial charge in [0.25, 0.3) is 0 Å². The summed E-state index contributed by atoms with van der Waals surface area (Å²) in [6, 6.07) is 7.02. The van der Waals surface area contributed by atoms with Crippen molar-refractivity contribution in [1.82, 2.24) is 4.57 Å². The van der Waals surface area contributed by atoms with Crippen molar-refractivity contribution in [2.75, 3.05) is 0 Å². The summed E-state index contributed by atoms with van der Waals surface area (Å²) in [5, 5.41) is 10.8. The van der Waals surface area contributed by atoms with Crippen molar-refractivity contribution in [3.63, 3.8) is 0 Å². The molecule has 7 heteroatoms. The van der Waals surface area contributed by atoms with Crippen LogP contribution in [0, 0.1) is 6.92 Å². The second-order valence-corrected chi connectivity index (χ2v) is 6.79. The van der Waals surface area contributed by atoms with Gasteiger partial charge in [-0.2, -0.15) is 13.2 Å². The van der Waals surface area contributed by atoms with Gasteiger partial charge in [-0.05, 0) is 42.8 Å². The molecule has 0 saturated carbocycles. The summed E-state index contributed by atoms with van der Waals surface area (Å²) in [4.78, 5) is 0. The molecule has 0 spiro atoms.